The van der Waals surface area contributed by atoms with Crippen molar-refractivity contribution in [2.75, 3.05) is 0 Å². The minimum atomic E-state index is 0.633. The van der Waals surface area contributed by atoms with Gasteiger partial charge in [0, 0.05) is 5.92 Å². The number of benzene rings is 2. The van der Waals surface area contributed by atoms with Crippen molar-refractivity contribution < 1.29 is 0 Å². The lowest BCUT2D eigenvalue weighted by Gasteiger charge is -2.20. The molecule has 43 heavy (non-hydrogen) atoms. The summed E-state index contributed by atoms with van der Waals surface area (Å²) in [6.07, 6.45) is 34.2. The summed E-state index contributed by atoms with van der Waals surface area (Å²) in [4.78, 5) is 0. The number of unbranched alkanes of at least 4 members (excludes halogenated alkanes) is 13. The topological polar surface area (TPSA) is 0 Å². The summed E-state index contributed by atoms with van der Waals surface area (Å²) in [5.74, 6) is 1.53. The van der Waals surface area contributed by atoms with E-state index >= 15 is 0 Å². The van der Waals surface area contributed by atoms with Gasteiger partial charge in [-0.05, 0) is 85.3 Å². The van der Waals surface area contributed by atoms with Gasteiger partial charge in [0.05, 0.1) is 0 Å². The molecule has 0 aliphatic heterocycles. The third-order valence-corrected chi connectivity index (χ3v) is 10.3. The first kappa shape index (κ1) is 35.7. The summed E-state index contributed by atoms with van der Waals surface area (Å²) < 4.78 is 0. The van der Waals surface area contributed by atoms with Crippen LogP contribution in [0.15, 0.2) is 48.1 Å². The molecule has 1 aliphatic rings. The fraction of sp³-hybridized carbons (Fsp3) is 0.674. The van der Waals surface area contributed by atoms with Gasteiger partial charge in [-0.1, -0.05) is 178 Å². The van der Waals surface area contributed by atoms with E-state index in [4.69, 9.17) is 0 Å². The van der Waals surface area contributed by atoms with Crippen molar-refractivity contribution in [3.05, 3.63) is 64.7 Å². The molecule has 0 aromatic heterocycles. The first-order valence-corrected chi connectivity index (χ1v) is 18.9. The van der Waals surface area contributed by atoms with E-state index < -0.39 is 0 Å². The summed E-state index contributed by atoms with van der Waals surface area (Å²) >= 11 is 0. The van der Waals surface area contributed by atoms with Gasteiger partial charge in [0.1, 0.15) is 0 Å². The molecule has 0 fully saturated rings. The van der Waals surface area contributed by atoms with Crippen LogP contribution in [-0.4, -0.2) is 0 Å². The Morgan fingerprint density at radius 2 is 1.33 bits per heavy atom. The first-order valence-electron chi connectivity index (χ1n) is 18.9. The van der Waals surface area contributed by atoms with Crippen molar-refractivity contribution in [1.82, 2.24) is 0 Å². The van der Waals surface area contributed by atoms with Crippen molar-refractivity contribution in [3.63, 3.8) is 0 Å². The molecule has 0 spiro atoms. The Labute approximate surface area is 268 Å². The molecule has 0 saturated heterocycles. The van der Waals surface area contributed by atoms with Crippen LogP contribution in [0.4, 0.5) is 0 Å². The van der Waals surface area contributed by atoms with Crippen molar-refractivity contribution in [2.24, 2.45) is 5.92 Å². The van der Waals surface area contributed by atoms with E-state index in [0.29, 0.717) is 5.92 Å². The maximum absolute atomic E-state index is 4.44. The maximum Gasteiger partial charge on any atom is 0.00636 e. The monoisotopic (exact) mass is 585 g/mol. The van der Waals surface area contributed by atoms with Crippen molar-refractivity contribution in [1.29, 1.82) is 0 Å². The molecule has 1 aliphatic carbocycles. The number of fused-ring (bicyclic) bond motifs is 3. The molecular weight excluding hydrogens is 516 g/mol. The Balaban J connectivity index is 1.25. The molecule has 2 atom stereocenters. The fourth-order valence-corrected chi connectivity index (χ4v) is 7.56. The standard InChI is InChI=1S/C43H68/c1-6-8-10-11-12-13-14-16-19-25-35(3)27-24-28-36(4)26-20-17-15-18-21-31-41-39(29-9-7-2)34-42-37(5)33-38-30-22-23-32-40(38)43(41)42/h22-23,30,32-35,41H,4,6-21,24-29,31H2,1-3,5H3. The summed E-state index contributed by atoms with van der Waals surface area (Å²) in [6.45, 7) is 13.9. The van der Waals surface area contributed by atoms with Gasteiger partial charge < -0.3 is 0 Å². The van der Waals surface area contributed by atoms with Gasteiger partial charge in [-0.2, -0.15) is 0 Å². The van der Waals surface area contributed by atoms with E-state index in [9.17, 15) is 0 Å². The van der Waals surface area contributed by atoms with Gasteiger partial charge in [0.25, 0.3) is 0 Å². The zero-order valence-corrected chi connectivity index (χ0v) is 29.1. The fourth-order valence-electron chi connectivity index (χ4n) is 7.56. The molecule has 3 rings (SSSR count). The van der Waals surface area contributed by atoms with E-state index in [1.165, 1.54) is 175 Å². The second-order valence-electron chi connectivity index (χ2n) is 14.3. The average Bonchev–Trinajstić information content (AvgIpc) is 3.37. The Morgan fingerprint density at radius 3 is 2.07 bits per heavy atom. The van der Waals surface area contributed by atoms with E-state index in [2.05, 4.69) is 70.7 Å². The van der Waals surface area contributed by atoms with E-state index in [1.54, 1.807) is 11.1 Å². The van der Waals surface area contributed by atoms with Crippen LogP contribution in [0, 0.1) is 12.8 Å². The highest BCUT2D eigenvalue weighted by Gasteiger charge is 2.27. The van der Waals surface area contributed by atoms with E-state index in [-0.39, 0.29) is 0 Å². The zero-order chi connectivity index (χ0) is 30.7. The first-order chi connectivity index (χ1) is 21.0. The molecule has 0 bridgehead atoms. The predicted octanol–water partition coefficient (Wildman–Crippen LogP) is 14.8. The largest absolute Gasteiger partial charge is 0.0999 e. The van der Waals surface area contributed by atoms with Gasteiger partial charge in [-0.25, -0.2) is 0 Å². The lowest BCUT2D eigenvalue weighted by Crippen LogP contribution is -2.02. The van der Waals surface area contributed by atoms with Crippen molar-refractivity contribution in [3.8, 4) is 0 Å². The summed E-state index contributed by atoms with van der Waals surface area (Å²) in [6, 6.07) is 11.5. The van der Waals surface area contributed by atoms with Crippen molar-refractivity contribution in [2.45, 2.75) is 181 Å². The van der Waals surface area contributed by atoms with E-state index in [0.717, 1.165) is 5.92 Å². The van der Waals surface area contributed by atoms with Crippen LogP contribution in [0.3, 0.4) is 0 Å². The second kappa shape index (κ2) is 21.0. The highest BCUT2D eigenvalue weighted by molar-refractivity contribution is 5.93. The number of hydrogen-bond acceptors (Lipinski definition) is 0. The molecule has 0 heteroatoms. The molecule has 0 radical (unpaired) electrons. The summed E-state index contributed by atoms with van der Waals surface area (Å²) in [7, 11) is 0. The number of rotatable bonds is 25. The molecule has 0 heterocycles. The summed E-state index contributed by atoms with van der Waals surface area (Å²) in [5, 5.41) is 2.91. The van der Waals surface area contributed by atoms with Crippen LogP contribution >= 0.6 is 0 Å². The molecule has 2 aromatic rings. The quantitative estimate of drug-likeness (QED) is 0.0804. The predicted molar refractivity (Wildman–Crippen MR) is 195 cm³/mol. The molecule has 2 aromatic carbocycles. The zero-order valence-electron chi connectivity index (χ0n) is 29.1. The third kappa shape index (κ3) is 12.6. The smallest absolute Gasteiger partial charge is 0.00636 e. The lowest BCUT2D eigenvalue weighted by atomic mass is 9.84. The van der Waals surface area contributed by atoms with Crippen LogP contribution < -0.4 is 0 Å². The Hall–Kier alpha value is -1.82. The third-order valence-electron chi connectivity index (χ3n) is 10.3. The van der Waals surface area contributed by atoms with Crippen LogP contribution in [0.25, 0.3) is 16.8 Å². The average molecular weight is 585 g/mol. The molecular formula is C43H68. The highest BCUT2D eigenvalue weighted by atomic mass is 14.3. The maximum atomic E-state index is 4.44. The van der Waals surface area contributed by atoms with Gasteiger partial charge in [-0.3, -0.25) is 0 Å². The normalized spacial score (nSPS) is 15.2. The lowest BCUT2D eigenvalue weighted by molar-refractivity contribution is 0.441. The molecule has 0 N–H and O–H groups in total. The number of allylic oxidation sites excluding steroid dienone is 2. The van der Waals surface area contributed by atoms with Crippen molar-refractivity contribution >= 4 is 16.8 Å². The Kier molecular flexibility index (Phi) is 17.4. The second-order valence-corrected chi connectivity index (χ2v) is 14.3. The highest BCUT2D eigenvalue weighted by Crippen LogP contribution is 2.46. The SMILES string of the molecule is C=C(CCCCCCCC1C(CCCC)=Cc2c(C)cc3ccccc3c21)CCCC(C)CCCCCCCCCCC. The van der Waals surface area contributed by atoms with Crippen LogP contribution in [0.5, 0.6) is 0 Å². The van der Waals surface area contributed by atoms with Gasteiger partial charge in [-0.15, -0.1) is 0 Å². The Bertz CT molecular complexity index is 1080. The van der Waals surface area contributed by atoms with E-state index in [1.807, 2.05) is 0 Å². The Morgan fingerprint density at radius 1 is 0.721 bits per heavy atom. The number of hydrogen-bond donors (Lipinski definition) is 0. The minimum Gasteiger partial charge on any atom is -0.0999 e. The van der Waals surface area contributed by atoms with Gasteiger partial charge >= 0.3 is 0 Å². The molecule has 0 amide bonds. The van der Waals surface area contributed by atoms with Crippen LogP contribution in [0.1, 0.15) is 191 Å². The number of aryl methyl sites for hydroxylation is 1. The summed E-state index contributed by atoms with van der Waals surface area (Å²) in [5.41, 5.74) is 7.84. The van der Waals surface area contributed by atoms with Crippen LogP contribution in [-0.2, 0) is 0 Å². The molecule has 0 saturated carbocycles. The molecule has 240 valence electrons. The molecule has 0 nitrogen and oxygen atoms in total. The molecule has 2 unspecified atom stereocenters. The minimum absolute atomic E-state index is 0.633. The van der Waals surface area contributed by atoms with Crippen LogP contribution in [0.2, 0.25) is 0 Å². The van der Waals surface area contributed by atoms with Gasteiger partial charge in [0.15, 0.2) is 0 Å². The van der Waals surface area contributed by atoms with Gasteiger partial charge in [0.2, 0.25) is 0 Å².